The van der Waals surface area contributed by atoms with Crippen molar-refractivity contribution in [2.75, 3.05) is 23.8 Å². The molecule has 0 aliphatic heterocycles. The molecule has 0 aliphatic rings. The molecule has 0 unspecified atom stereocenters. The minimum absolute atomic E-state index is 0.174. The van der Waals surface area contributed by atoms with Crippen LogP contribution < -0.4 is 25.5 Å². The van der Waals surface area contributed by atoms with E-state index in [1.165, 1.54) is 6.21 Å². The van der Waals surface area contributed by atoms with Crippen LogP contribution >= 0.6 is 0 Å². The summed E-state index contributed by atoms with van der Waals surface area (Å²) in [5.41, 5.74) is 5.95. The summed E-state index contributed by atoms with van der Waals surface area (Å²) >= 11 is 0. The first-order chi connectivity index (χ1) is 17.8. The molecule has 0 aromatic heterocycles. The van der Waals surface area contributed by atoms with Crippen molar-refractivity contribution in [3.8, 4) is 11.5 Å². The Hall–Kier alpha value is -4.92. The average molecular weight is 501 g/mol. The number of hydrogen-bond donors (Lipinski definition) is 3. The molecule has 0 radical (unpaired) electrons. The Labute approximate surface area is 215 Å². The lowest BCUT2D eigenvalue weighted by Crippen LogP contribution is -2.32. The van der Waals surface area contributed by atoms with Crippen LogP contribution in [0.5, 0.6) is 11.5 Å². The molecular formula is C28H28N4O5. The quantitative estimate of drug-likeness (QED) is 0.168. The van der Waals surface area contributed by atoms with E-state index < -0.39 is 11.8 Å². The van der Waals surface area contributed by atoms with Gasteiger partial charge in [0.2, 0.25) is 0 Å². The number of benzene rings is 3. The van der Waals surface area contributed by atoms with Crippen molar-refractivity contribution >= 4 is 35.3 Å². The van der Waals surface area contributed by atoms with Crippen molar-refractivity contribution in [3.63, 3.8) is 0 Å². The monoisotopic (exact) mass is 500 g/mol. The maximum absolute atomic E-state index is 12.3. The van der Waals surface area contributed by atoms with E-state index in [4.69, 9.17) is 9.47 Å². The highest BCUT2D eigenvalue weighted by Gasteiger charge is 2.13. The standard InChI is InChI=1S/C28H28N4O5/c1-4-14-36-23-12-10-22(11-13-23)30-27(34)28(35)32-29-17-21-6-5-7-24(16-21)37-18-26(33)31-25-15-19(2)8-9-20(25)3/h4-13,15-17H,1,14,18H2,2-3H3,(H,30,34)(H,31,33)(H,32,35)/b29-17-. The number of hydrazone groups is 1. The lowest BCUT2D eigenvalue weighted by Gasteiger charge is -2.10. The molecule has 0 bridgehead atoms. The van der Waals surface area contributed by atoms with Crippen molar-refractivity contribution in [3.05, 3.63) is 96.1 Å². The summed E-state index contributed by atoms with van der Waals surface area (Å²) < 4.78 is 10.9. The SMILES string of the molecule is C=CCOc1ccc(NC(=O)C(=O)N/N=C\c2cccc(OCC(=O)Nc3cc(C)ccc3C)c2)cc1. The predicted molar refractivity (Wildman–Crippen MR) is 143 cm³/mol. The molecule has 3 rings (SSSR count). The molecular weight excluding hydrogens is 472 g/mol. The number of carbonyl (C=O) groups excluding carboxylic acids is 3. The molecule has 0 saturated carbocycles. The van der Waals surface area contributed by atoms with Gasteiger partial charge in [0.15, 0.2) is 6.61 Å². The van der Waals surface area contributed by atoms with Crippen LogP contribution in [-0.2, 0) is 14.4 Å². The van der Waals surface area contributed by atoms with E-state index in [2.05, 4.69) is 27.7 Å². The van der Waals surface area contributed by atoms with Crippen LogP contribution in [0.2, 0.25) is 0 Å². The summed E-state index contributed by atoms with van der Waals surface area (Å²) in [7, 11) is 0. The Kier molecular flexibility index (Phi) is 9.55. The normalized spacial score (nSPS) is 10.4. The van der Waals surface area contributed by atoms with Gasteiger partial charge in [-0.25, -0.2) is 5.43 Å². The summed E-state index contributed by atoms with van der Waals surface area (Å²) in [6, 6.07) is 19.2. The van der Waals surface area contributed by atoms with Gasteiger partial charge in [-0.1, -0.05) is 36.9 Å². The van der Waals surface area contributed by atoms with Crippen LogP contribution in [0.1, 0.15) is 16.7 Å². The zero-order chi connectivity index (χ0) is 26.6. The lowest BCUT2D eigenvalue weighted by molar-refractivity contribution is -0.136. The van der Waals surface area contributed by atoms with E-state index in [0.717, 1.165) is 16.8 Å². The van der Waals surface area contributed by atoms with Gasteiger partial charge < -0.3 is 20.1 Å². The van der Waals surface area contributed by atoms with Gasteiger partial charge in [-0.2, -0.15) is 5.10 Å². The summed E-state index contributed by atoms with van der Waals surface area (Å²) in [4.78, 5) is 36.4. The Morgan fingerprint density at radius 3 is 2.43 bits per heavy atom. The minimum Gasteiger partial charge on any atom is -0.490 e. The fourth-order valence-corrected chi connectivity index (χ4v) is 3.08. The number of nitrogens with one attached hydrogen (secondary N) is 3. The highest BCUT2D eigenvalue weighted by atomic mass is 16.5. The van der Waals surface area contributed by atoms with E-state index in [1.54, 1.807) is 54.6 Å². The van der Waals surface area contributed by atoms with Gasteiger partial charge in [0.1, 0.15) is 18.1 Å². The summed E-state index contributed by atoms with van der Waals surface area (Å²) in [6.45, 7) is 7.63. The number of aryl methyl sites for hydroxylation is 2. The number of carbonyl (C=O) groups is 3. The molecule has 3 aromatic rings. The summed E-state index contributed by atoms with van der Waals surface area (Å²) in [6.07, 6.45) is 2.98. The number of amides is 3. The Morgan fingerprint density at radius 1 is 0.892 bits per heavy atom. The van der Waals surface area contributed by atoms with Crippen molar-refractivity contribution in [2.45, 2.75) is 13.8 Å². The second kappa shape index (κ2) is 13.2. The van der Waals surface area contributed by atoms with E-state index in [1.807, 2.05) is 32.0 Å². The molecule has 0 spiro atoms. The van der Waals surface area contributed by atoms with Gasteiger partial charge in [0, 0.05) is 11.4 Å². The van der Waals surface area contributed by atoms with Crippen LogP contribution in [0, 0.1) is 13.8 Å². The van der Waals surface area contributed by atoms with Gasteiger partial charge in [-0.15, -0.1) is 0 Å². The summed E-state index contributed by atoms with van der Waals surface area (Å²) in [5.74, 6) is -1.03. The van der Waals surface area contributed by atoms with Gasteiger partial charge in [-0.3, -0.25) is 14.4 Å². The Morgan fingerprint density at radius 2 is 1.68 bits per heavy atom. The molecule has 0 atom stereocenters. The number of nitrogens with zero attached hydrogens (tertiary/aromatic N) is 1. The molecule has 3 N–H and O–H groups in total. The molecule has 0 fully saturated rings. The van der Waals surface area contributed by atoms with Crippen molar-refractivity contribution in [1.82, 2.24) is 5.43 Å². The first-order valence-corrected chi connectivity index (χ1v) is 11.4. The first-order valence-electron chi connectivity index (χ1n) is 11.4. The number of ether oxygens (including phenoxy) is 2. The fraction of sp³-hybridized carbons (Fsp3) is 0.143. The molecule has 0 aliphatic carbocycles. The van der Waals surface area contributed by atoms with Gasteiger partial charge in [-0.05, 0) is 73.0 Å². The van der Waals surface area contributed by atoms with Gasteiger partial charge in [0.25, 0.3) is 5.91 Å². The summed E-state index contributed by atoms with van der Waals surface area (Å²) in [5, 5.41) is 9.12. The molecule has 190 valence electrons. The number of anilines is 2. The van der Waals surface area contributed by atoms with E-state index in [-0.39, 0.29) is 12.5 Å². The molecule has 3 aromatic carbocycles. The fourth-order valence-electron chi connectivity index (χ4n) is 3.08. The van der Waals surface area contributed by atoms with E-state index in [9.17, 15) is 14.4 Å². The number of rotatable bonds is 10. The Bertz CT molecular complexity index is 1300. The van der Waals surface area contributed by atoms with Gasteiger partial charge in [0.05, 0.1) is 6.21 Å². The van der Waals surface area contributed by atoms with Crippen molar-refractivity contribution in [2.24, 2.45) is 5.10 Å². The third-order valence-electron chi connectivity index (χ3n) is 4.96. The largest absolute Gasteiger partial charge is 0.490 e. The highest BCUT2D eigenvalue weighted by Crippen LogP contribution is 2.17. The van der Waals surface area contributed by atoms with Crippen LogP contribution in [0.25, 0.3) is 0 Å². The van der Waals surface area contributed by atoms with Crippen LogP contribution in [0.4, 0.5) is 11.4 Å². The minimum atomic E-state index is -0.932. The van der Waals surface area contributed by atoms with Crippen LogP contribution in [0.3, 0.4) is 0 Å². The second-order valence-corrected chi connectivity index (χ2v) is 8.01. The van der Waals surface area contributed by atoms with Crippen LogP contribution in [0.15, 0.2) is 84.5 Å². The third kappa shape index (κ3) is 8.66. The predicted octanol–water partition coefficient (Wildman–Crippen LogP) is 3.97. The zero-order valence-electron chi connectivity index (χ0n) is 20.6. The zero-order valence-corrected chi connectivity index (χ0v) is 20.6. The smallest absolute Gasteiger partial charge is 0.329 e. The third-order valence-corrected chi connectivity index (χ3v) is 4.96. The maximum atomic E-state index is 12.3. The molecule has 9 nitrogen and oxygen atoms in total. The molecule has 0 saturated heterocycles. The maximum Gasteiger partial charge on any atom is 0.329 e. The topological polar surface area (TPSA) is 118 Å². The molecule has 37 heavy (non-hydrogen) atoms. The lowest BCUT2D eigenvalue weighted by atomic mass is 10.1. The van der Waals surface area contributed by atoms with Gasteiger partial charge >= 0.3 is 11.8 Å². The Balaban J connectivity index is 1.46. The second-order valence-electron chi connectivity index (χ2n) is 8.01. The van der Waals surface area contributed by atoms with Crippen LogP contribution in [-0.4, -0.2) is 37.1 Å². The first kappa shape index (κ1) is 26.7. The van der Waals surface area contributed by atoms with E-state index >= 15 is 0 Å². The molecule has 3 amide bonds. The van der Waals surface area contributed by atoms with E-state index in [0.29, 0.717) is 29.4 Å². The van der Waals surface area contributed by atoms with Crippen molar-refractivity contribution < 1.29 is 23.9 Å². The molecule has 9 heteroatoms. The highest BCUT2D eigenvalue weighted by molar-refractivity contribution is 6.39. The average Bonchev–Trinajstić information content (AvgIpc) is 2.89. The molecule has 0 heterocycles. The number of hydrogen-bond acceptors (Lipinski definition) is 6. The van der Waals surface area contributed by atoms with Crippen molar-refractivity contribution in [1.29, 1.82) is 0 Å².